The van der Waals surface area contributed by atoms with Gasteiger partial charge in [0.1, 0.15) is 6.17 Å². The number of rotatable bonds is 3. The highest BCUT2D eigenvalue weighted by molar-refractivity contribution is 6.20. The van der Waals surface area contributed by atoms with E-state index in [1.165, 1.54) is 32.1 Å². The molecule has 4 aliphatic heterocycles. The van der Waals surface area contributed by atoms with Crippen molar-refractivity contribution < 1.29 is 18.7 Å². The number of nitrogens with one attached hydrogen (secondary N) is 1. The van der Waals surface area contributed by atoms with Crippen molar-refractivity contribution >= 4 is 11.7 Å². The molecule has 0 radical (unpaired) electrons. The Morgan fingerprint density at radius 2 is 1.74 bits per heavy atom. The summed E-state index contributed by atoms with van der Waals surface area (Å²) in [5, 5.41) is 1.94. The summed E-state index contributed by atoms with van der Waals surface area (Å²) in [6.45, 7) is 3.06. The molecule has 1 amide bonds. The number of nitrogens with zero attached hydrogens (tertiary/aromatic N) is 3. The van der Waals surface area contributed by atoms with E-state index in [1.54, 1.807) is 0 Å². The standard InChI is InChI=1S/C29H44FN5O3/c30-22-14-20-25-28(26(22)33-11-8-19(31)15-33)38-24-13-18-7-3-2-6-17(18)12-23(24)35(25)16-21(27(20)36)29(37)32-34-9-4-1-5-10-34/h16-20,22-26,28H,1-15,31H2,(H,32,37). The van der Waals surface area contributed by atoms with Gasteiger partial charge in [-0.15, -0.1) is 0 Å². The van der Waals surface area contributed by atoms with E-state index < -0.39 is 12.1 Å². The van der Waals surface area contributed by atoms with Gasteiger partial charge in [0, 0.05) is 44.3 Å². The number of hydrogen-bond acceptors (Lipinski definition) is 7. The van der Waals surface area contributed by atoms with E-state index in [0.29, 0.717) is 18.4 Å². The molecular weight excluding hydrogens is 485 g/mol. The van der Waals surface area contributed by atoms with Crippen molar-refractivity contribution in [2.75, 3.05) is 26.2 Å². The van der Waals surface area contributed by atoms with Gasteiger partial charge >= 0.3 is 0 Å². The summed E-state index contributed by atoms with van der Waals surface area (Å²) in [6.07, 6.45) is 11.7. The van der Waals surface area contributed by atoms with Gasteiger partial charge in [-0.2, -0.15) is 0 Å². The van der Waals surface area contributed by atoms with Crippen LogP contribution in [0.15, 0.2) is 11.8 Å². The summed E-state index contributed by atoms with van der Waals surface area (Å²) in [4.78, 5) is 31.9. The number of likely N-dealkylation sites (tertiary alicyclic amines) is 1. The van der Waals surface area contributed by atoms with Crippen molar-refractivity contribution in [3.05, 3.63) is 11.8 Å². The molecule has 8 nitrogen and oxygen atoms in total. The lowest BCUT2D eigenvalue weighted by molar-refractivity contribution is -0.219. The van der Waals surface area contributed by atoms with E-state index in [1.807, 2.05) is 11.2 Å². The minimum Gasteiger partial charge on any atom is -0.369 e. The van der Waals surface area contributed by atoms with Crippen molar-refractivity contribution in [2.45, 2.75) is 113 Å². The van der Waals surface area contributed by atoms with Crippen molar-refractivity contribution in [1.82, 2.24) is 20.2 Å². The third-order valence-corrected chi connectivity index (χ3v) is 11.0. The van der Waals surface area contributed by atoms with Crippen LogP contribution in [0, 0.1) is 17.8 Å². The fourth-order valence-corrected chi connectivity index (χ4v) is 9.16. The molecule has 3 saturated heterocycles. The molecule has 6 fully saturated rings. The molecule has 0 aromatic carbocycles. The predicted molar refractivity (Wildman–Crippen MR) is 140 cm³/mol. The average Bonchev–Trinajstić information content (AvgIpc) is 3.35. The molecule has 3 N–H and O–H groups in total. The van der Waals surface area contributed by atoms with Crippen LogP contribution in [0.2, 0.25) is 0 Å². The number of carbonyl (C=O) groups excluding carboxylic acids is 2. The minimum atomic E-state index is -1.18. The summed E-state index contributed by atoms with van der Waals surface area (Å²) >= 11 is 0. The van der Waals surface area contributed by atoms with E-state index in [2.05, 4.69) is 15.2 Å². The van der Waals surface area contributed by atoms with Gasteiger partial charge in [0.25, 0.3) is 5.91 Å². The third kappa shape index (κ3) is 4.32. The highest BCUT2D eigenvalue weighted by Crippen LogP contribution is 2.50. The molecule has 4 heterocycles. The molecule has 210 valence electrons. The second-order valence-electron chi connectivity index (χ2n) is 13.2. The Bertz CT molecular complexity index is 972. The number of ether oxygens (including phenoxy) is 1. The van der Waals surface area contributed by atoms with Gasteiger partial charge in [0.15, 0.2) is 5.78 Å². The Balaban J connectivity index is 1.23. The highest BCUT2D eigenvalue weighted by atomic mass is 19.1. The van der Waals surface area contributed by atoms with E-state index >= 15 is 4.39 Å². The number of piperidine rings is 1. The fraction of sp³-hybridized carbons (Fsp3) is 0.862. The van der Waals surface area contributed by atoms with E-state index in [4.69, 9.17) is 10.5 Å². The molecule has 0 bridgehead atoms. The number of fused-ring (bicyclic) bond motifs is 3. The molecule has 7 aliphatic rings. The number of carbonyl (C=O) groups is 2. The summed E-state index contributed by atoms with van der Waals surface area (Å²) < 4.78 is 23.0. The lowest BCUT2D eigenvalue weighted by atomic mass is 9.64. The molecular formula is C29H44FN5O3. The summed E-state index contributed by atoms with van der Waals surface area (Å²) in [7, 11) is 0. The highest BCUT2D eigenvalue weighted by Gasteiger charge is 2.61. The van der Waals surface area contributed by atoms with E-state index in [-0.39, 0.29) is 60.1 Å². The second-order valence-corrected chi connectivity index (χ2v) is 13.2. The second kappa shape index (κ2) is 10.1. The van der Waals surface area contributed by atoms with Gasteiger partial charge < -0.3 is 15.4 Å². The summed E-state index contributed by atoms with van der Waals surface area (Å²) in [5.74, 6) is 0.241. The van der Waals surface area contributed by atoms with Crippen LogP contribution in [0.3, 0.4) is 0 Å². The molecule has 10 atom stereocenters. The molecule has 3 aliphatic carbocycles. The van der Waals surface area contributed by atoms with Crippen molar-refractivity contribution in [3.63, 3.8) is 0 Å². The number of hydrogen-bond donors (Lipinski definition) is 2. The Hall–Kier alpha value is -1.55. The molecule has 0 aromatic heterocycles. The molecule has 0 aromatic rings. The van der Waals surface area contributed by atoms with Gasteiger partial charge in [-0.1, -0.05) is 32.1 Å². The van der Waals surface area contributed by atoms with Crippen LogP contribution in [0.4, 0.5) is 4.39 Å². The quantitative estimate of drug-likeness (QED) is 0.542. The maximum atomic E-state index is 16.1. The zero-order valence-corrected chi connectivity index (χ0v) is 22.5. The largest absolute Gasteiger partial charge is 0.369 e. The van der Waals surface area contributed by atoms with Crippen LogP contribution in [-0.4, -0.2) is 95.2 Å². The number of morpholine rings is 1. The minimum absolute atomic E-state index is 0.0104. The summed E-state index contributed by atoms with van der Waals surface area (Å²) in [6, 6.07) is -0.406. The van der Waals surface area contributed by atoms with Crippen molar-refractivity contribution in [2.24, 2.45) is 23.5 Å². The SMILES string of the molecule is NC1CCN(C2C(F)CC3C(=O)C(C(=O)NN4CCCCC4)=CN4C5CC6CCCCC6CC5OC2C34)C1. The van der Waals surface area contributed by atoms with Gasteiger partial charge in [-0.25, -0.2) is 9.40 Å². The van der Waals surface area contributed by atoms with Gasteiger partial charge in [0.2, 0.25) is 0 Å². The van der Waals surface area contributed by atoms with Crippen molar-refractivity contribution in [1.29, 1.82) is 0 Å². The Labute approximate surface area is 225 Å². The maximum Gasteiger partial charge on any atom is 0.270 e. The number of hydrazine groups is 1. The van der Waals surface area contributed by atoms with E-state index in [0.717, 1.165) is 51.7 Å². The number of ketones is 1. The summed E-state index contributed by atoms with van der Waals surface area (Å²) in [5.41, 5.74) is 9.45. The number of alkyl halides is 1. The van der Waals surface area contributed by atoms with Crippen LogP contribution >= 0.6 is 0 Å². The Kier molecular flexibility index (Phi) is 6.78. The van der Waals surface area contributed by atoms with Crippen LogP contribution < -0.4 is 11.2 Å². The maximum absolute atomic E-state index is 16.1. The Morgan fingerprint density at radius 1 is 0.974 bits per heavy atom. The lowest BCUT2D eigenvalue weighted by Crippen LogP contribution is -2.73. The molecule has 10 unspecified atom stereocenters. The molecule has 38 heavy (non-hydrogen) atoms. The van der Waals surface area contributed by atoms with Crippen LogP contribution in [-0.2, 0) is 14.3 Å². The van der Waals surface area contributed by atoms with Gasteiger partial charge in [-0.05, 0) is 50.4 Å². The topological polar surface area (TPSA) is 91.1 Å². The van der Waals surface area contributed by atoms with Crippen LogP contribution in [0.5, 0.6) is 0 Å². The van der Waals surface area contributed by atoms with Gasteiger partial charge in [-0.3, -0.25) is 19.9 Å². The first-order valence-electron chi connectivity index (χ1n) is 15.4. The first-order chi connectivity index (χ1) is 18.5. The average molecular weight is 530 g/mol. The zero-order chi connectivity index (χ0) is 26.0. The number of Topliss-reactive ketones (excluding diaryl/α,β-unsaturated/α-hetero) is 1. The smallest absolute Gasteiger partial charge is 0.270 e. The lowest BCUT2D eigenvalue weighted by Gasteiger charge is -2.61. The van der Waals surface area contributed by atoms with Gasteiger partial charge in [0.05, 0.1) is 35.9 Å². The van der Waals surface area contributed by atoms with Crippen LogP contribution in [0.1, 0.15) is 70.6 Å². The molecule has 3 saturated carbocycles. The monoisotopic (exact) mass is 529 g/mol. The number of halogens is 1. The molecule has 9 heteroatoms. The predicted octanol–water partition coefficient (Wildman–Crippen LogP) is 2.14. The normalized spacial score (nSPS) is 45.6. The van der Waals surface area contributed by atoms with Crippen LogP contribution in [0.25, 0.3) is 0 Å². The molecule has 0 spiro atoms. The first kappa shape index (κ1) is 25.4. The zero-order valence-electron chi connectivity index (χ0n) is 22.5. The van der Waals surface area contributed by atoms with Crippen molar-refractivity contribution in [3.8, 4) is 0 Å². The Morgan fingerprint density at radius 3 is 2.47 bits per heavy atom. The fourth-order valence-electron chi connectivity index (χ4n) is 9.16. The third-order valence-electron chi connectivity index (χ3n) is 11.0. The van der Waals surface area contributed by atoms with E-state index in [9.17, 15) is 9.59 Å². The molecule has 7 rings (SSSR count). The number of nitrogens with two attached hydrogens (primary N) is 1. The number of amides is 1. The first-order valence-corrected chi connectivity index (χ1v) is 15.4.